The second kappa shape index (κ2) is 9.48. The van der Waals surface area contributed by atoms with Gasteiger partial charge < -0.3 is 10.1 Å². The summed E-state index contributed by atoms with van der Waals surface area (Å²) in [6, 6.07) is 15.2. The smallest absolute Gasteiger partial charge is 0.306 e. The van der Waals surface area contributed by atoms with E-state index in [-0.39, 0.29) is 25.4 Å². The number of carbonyl (C=O) groups excluding carboxylic acids is 2. The van der Waals surface area contributed by atoms with Crippen LogP contribution in [0.25, 0.3) is 11.3 Å². The second-order valence-corrected chi connectivity index (χ2v) is 7.47. The molecule has 2 aromatic carbocycles. The Morgan fingerprint density at radius 2 is 1.86 bits per heavy atom. The van der Waals surface area contributed by atoms with Crippen LogP contribution in [0.3, 0.4) is 0 Å². The highest BCUT2D eigenvalue weighted by Crippen LogP contribution is 2.25. The zero-order chi connectivity index (χ0) is 19.9. The van der Waals surface area contributed by atoms with Gasteiger partial charge in [0.05, 0.1) is 12.1 Å². The third-order valence-corrected chi connectivity index (χ3v) is 5.13. The van der Waals surface area contributed by atoms with Gasteiger partial charge in [-0.3, -0.25) is 9.59 Å². The molecule has 0 fully saturated rings. The van der Waals surface area contributed by atoms with Crippen molar-refractivity contribution < 1.29 is 14.3 Å². The van der Waals surface area contributed by atoms with Gasteiger partial charge in [-0.15, -0.1) is 11.3 Å². The van der Waals surface area contributed by atoms with Gasteiger partial charge in [0, 0.05) is 28.0 Å². The fourth-order valence-corrected chi connectivity index (χ4v) is 3.36. The van der Waals surface area contributed by atoms with Crippen LogP contribution in [0.2, 0.25) is 5.02 Å². The molecule has 5 nitrogen and oxygen atoms in total. The quantitative estimate of drug-likeness (QED) is 0.537. The third kappa shape index (κ3) is 5.65. The van der Waals surface area contributed by atoms with Crippen LogP contribution in [-0.2, 0) is 20.9 Å². The number of amides is 1. The summed E-state index contributed by atoms with van der Waals surface area (Å²) in [4.78, 5) is 28.3. The van der Waals surface area contributed by atoms with Crippen LogP contribution >= 0.6 is 22.9 Å². The number of benzene rings is 2. The highest BCUT2D eigenvalue weighted by molar-refractivity contribution is 7.14. The maximum atomic E-state index is 12.1. The van der Waals surface area contributed by atoms with Crippen LogP contribution in [0.1, 0.15) is 24.0 Å². The van der Waals surface area contributed by atoms with E-state index in [1.807, 2.05) is 42.6 Å². The summed E-state index contributed by atoms with van der Waals surface area (Å²) >= 11 is 7.36. The zero-order valence-electron chi connectivity index (χ0n) is 15.3. The first kappa shape index (κ1) is 20.0. The normalized spacial score (nSPS) is 10.5. The number of thiazole rings is 1. The number of hydrogen-bond donors (Lipinski definition) is 1. The Balaban J connectivity index is 1.45. The van der Waals surface area contributed by atoms with Gasteiger partial charge >= 0.3 is 5.97 Å². The van der Waals surface area contributed by atoms with E-state index in [0.29, 0.717) is 10.2 Å². The van der Waals surface area contributed by atoms with Crippen LogP contribution in [0.4, 0.5) is 5.13 Å². The number of ether oxygens (including phenoxy) is 1. The van der Waals surface area contributed by atoms with Crippen molar-refractivity contribution in [2.24, 2.45) is 0 Å². The lowest BCUT2D eigenvalue weighted by molar-refractivity contribution is -0.145. The molecule has 1 heterocycles. The molecule has 3 aromatic rings. The number of nitrogens with one attached hydrogen (secondary N) is 1. The van der Waals surface area contributed by atoms with Crippen LogP contribution in [0.5, 0.6) is 0 Å². The van der Waals surface area contributed by atoms with Gasteiger partial charge in [0.15, 0.2) is 5.13 Å². The standard InChI is InChI=1S/C21H19ClN2O3S/c1-14-6-8-15(9-7-14)18-13-28-21(23-18)24-19(25)10-11-20(26)27-12-16-4-2-3-5-17(16)22/h2-9,13H,10-12H2,1H3,(H,23,24,25). The van der Waals surface area contributed by atoms with E-state index in [4.69, 9.17) is 16.3 Å². The number of anilines is 1. The number of rotatable bonds is 7. The number of hydrogen-bond acceptors (Lipinski definition) is 5. The summed E-state index contributed by atoms with van der Waals surface area (Å²) in [6.45, 7) is 2.11. The van der Waals surface area contributed by atoms with E-state index in [1.165, 1.54) is 16.9 Å². The molecule has 0 unspecified atom stereocenters. The predicted octanol–water partition coefficient (Wildman–Crippen LogP) is 5.23. The molecule has 0 atom stereocenters. The summed E-state index contributed by atoms with van der Waals surface area (Å²) in [5.74, 6) is -0.728. The van der Waals surface area contributed by atoms with Gasteiger partial charge in [0.2, 0.25) is 5.91 Å². The van der Waals surface area contributed by atoms with Crippen LogP contribution < -0.4 is 5.32 Å². The van der Waals surface area contributed by atoms with Gasteiger partial charge in [-0.2, -0.15) is 0 Å². The van der Waals surface area contributed by atoms with Crippen LogP contribution in [0, 0.1) is 6.92 Å². The summed E-state index contributed by atoms with van der Waals surface area (Å²) in [5.41, 5.74) is 3.70. The lowest BCUT2D eigenvalue weighted by Gasteiger charge is -2.06. The van der Waals surface area contributed by atoms with E-state index < -0.39 is 5.97 Å². The van der Waals surface area contributed by atoms with Crippen molar-refractivity contribution in [3.05, 3.63) is 70.1 Å². The Hall–Kier alpha value is -2.70. The maximum Gasteiger partial charge on any atom is 0.306 e. The summed E-state index contributed by atoms with van der Waals surface area (Å²) < 4.78 is 5.16. The molecular weight excluding hydrogens is 396 g/mol. The molecule has 3 rings (SSSR count). The molecule has 1 N–H and O–H groups in total. The SMILES string of the molecule is Cc1ccc(-c2csc(NC(=O)CCC(=O)OCc3ccccc3Cl)n2)cc1. The molecule has 7 heteroatoms. The van der Waals surface area contributed by atoms with E-state index in [2.05, 4.69) is 10.3 Å². The maximum absolute atomic E-state index is 12.1. The minimum absolute atomic E-state index is 0.00746. The minimum atomic E-state index is -0.449. The van der Waals surface area contributed by atoms with E-state index in [1.54, 1.807) is 18.2 Å². The van der Waals surface area contributed by atoms with Crippen molar-refractivity contribution in [2.75, 3.05) is 5.32 Å². The zero-order valence-corrected chi connectivity index (χ0v) is 16.8. The first-order valence-corrected chi connectivity index (χ1v) is 9.98. The van der Waals surface area contributed by atoms with Crippen molar-refractivity contribution in [1.29, 1.82) is 0 Å². The van der Waals surface area contributed by atoms with Crippen LogP contribution in [-0.4, -0.2) is 16.9 Å². The Morgan fingerprint density at radius 1 is 1.11 bits per heavy atom. The van der Waals surface area contributed by atoms with Crippen molar-refractivity contribution in [2.45, 2.75) is 26.4 Å². The van der Waals surface area contributed by atoms with Gasteiger partial charge in [0.25, 0.3) is 0 Å². The highest BCUT2D eigenvalue weighted by Gasteiger charge is 2.12. The number of aromatic nitrogens is 1. The lowest BCUT2D eigenvalue weighted by atomic mass is 10.1. The molecule has 28 heavy (non-hydrogen) atoms. The van der Waals surface area contributed by atoms with Crippen LogP contribution in [0.15, 0.2) is 53.9 Å². The summed E-state index contributed by atoms with van der Waals surface area (Å²) in [6.07, 6.45) is 0.0211. The molecule has 1 aromatic heterocycles. The molecule has 0 saturated carbocycles. The molecule has 0 aliphatic carbocycles. The molecule has 1 amide bonds. The molecular formula is C21H19ClN2O3S. The average molecular weight is 415 g/mol. The number of aryl methyl sites for hydroxylation is 1. The van der Waals surface area contributed by atoms with Crippen molar-refractivity contribution in [3.63, 3.8) is 0 Å². The Morgan fingerprint density at radius 3 is 2.61 bits per heavy atom. The number of halogens is 1. The van der Waals surface area contributed by atoms with Crippen molar-refractivity contribution in [1.82, 2.24) is 4.98 Å². The minimum Gasteiger partial charge on any atom is -0.461 e. The molecule has 0 bridgehead atoms. The molecule has 0 aliphatic heterocycles. The fourth-order valence-electron chi connectivity index (χ4n) is 2.43. The number of carbonyl (C=O) groups is 2. The van der Waals surface area contributed by atoms with Gasteiger partial charge in [0.1, 0.15) is 6.61 Å². The largest absolute Gasteiger partial charge is 0.461 e. The van der Waals surface area contributed by atoms with Crippen molar-refractivity contribution >= 4 is 39.9 Å². The Labute approximate surface area is 172 Å². The van der Waals surface area contributed by atoms with Gasteiger partial charge in [-0.05, 0) is 13.0 Å². The monoisotopic (exact) mass is 414 g/mol. The van der Waals surface area contributed by atoms with Crippen molar-refractivity contribution in [3.8, 4) is 11.3 Å². The predicted molar refractivity (Wildman–Crippen MR) is 111 cm³/mol. The molecule has 0 radical (unpaired) electrons. The number of nitrogens with zero attached hydrogens (tertiary/aromatic N) is 1. The Kier molecular flexibility index (Phi) is 6.79. The highest BCUT2D eigenvalue weighted by atomic mass is 35.5. The average Bonchev–Trinajstić information content (AvgIpc) is 3.14. The fraction of sp³-hybridized carbons (Fsp3) is 0.190. The first-order chi connectivity index (χ1) is 13.5. The number of esters is 1. The van der Waals surface area contributed by atoms with E-state index >= 15 is 0 Å². The summed E-state index contributed by atoms with van der Waals surface area (Å²) in [7, 11) is 0. The lowest BCUT2D eigenvalue weighted by Crippen LogP contribution is -2.14. The van der Waals surface area contributed by atoms with E-state index in [9.17, 15) is 9.59 Å². The Bertz CT molecular complexity index is 970. The molecule has 0 saturated heterocycles. The molecule has 0 spiro atoms. The van der Waals surface area contributed by atoms with Gasteiger partial charge in [-0.1, -0.05) is 59.6 Å². The second-order valence-electron chi connectivity index (χ2n) is 6.20. The topological polar surface area (TPSA) is 68.3 Å². The molecule has 0 aliphatic rings. The van der Waals surface area contributed by atoms with E-state index in [0.717, 1.165) is 16.8 Å². The van der Waals surface area contributed by atoms with Gasteiger partial charge in [-0.25, -0.2) is 4.98 Å². The summed E-state index contributed by atoms with van der Waals surface area (Å²) in [5, 5.41) is 5.66. The molecule has 144 valence electrons. The first-order valence-electron chi connectivity index (χ1n) is 8.73. The third-order valence-electron chi connectivity index (χ3n) is 4.00.